The van der Waals surface area contributed by atoms with Gasteiger partial charge in [-0.05, 0) is 42.7 Å². The van der Waals surface area contributed by atoms with Crippen LogP contribution in [0.5, 0.6) is 0 Å². The molecule has 0 atom stereocenters. The van der Waals surface area contributed by atoms with E-state index in [9.17, 15) is 8.42 Å². The zero-order valence-corrected chi connectivity index (χ0v) is 17.2. The molecule has 1 aromatic carbocycles. The molecule has 0 unspecified atom stereocenters. The molecule has 0 bridgehead atoms. The molecular weight excluding hydrogens is 388 g/mol. The highest BCUT2D eigenvalue weighted by Gasteiger charge is 2.29. The maximum Gasteiger partial charge on any atom is 0.244 e. The number of rotatable bonds is 6. The van der Waals surface area contributed by atoms with Crippen LogP contribution in [0.15, 0.2) is 52.5 Å². The zero-order valence-electron chi connectivity index (χ0n) is 14.8. The lowest BCUT2D eigenvalue weighted by Gasteiger charge is -2.30. The van der Waals surface area contributed by atoms with Gasteiger partial charge in [0, 0.05) is 30.1 Å². The number of hydrogen-bond donors (Lipinski definition) is 0. The largest absolute Gasteiger partial charge is 0.249 e. The minimum atomic E-state index is -3.48. The van der Waals surface area contributed by atoms with E-state index in [4.69, 9.17) is 11.6 Å². The predicted octanol–water partition coefficient (Wildman–Crippen LogP) is 4.98. The van der Waals surface area contributed by atoms with Gasteiger partial charge in [-0.15, -0.1) is 11.8 Å². The molecule has 0 spiro atoms. The van der Waals surface area contributed by atoms with E-state index >= 15 is 0 Å². The number of nitrogens with zero attached hydrogens (tertiary/aromatic N) is 2. The summed E-state index contributed by atoms with van der Waals surface area (Å²) >= 11 is 7.55. The minimum Gasteiger partial charge on any atom is -0.249 e. The first-order valence-corrected chi connectivity index (χ1v) is 11.6. The Morgan fingerprint density at radius 3 is 2.62 bits per heavy atom. The first kappa shape index (κ1) is 19.7. The topological polar surface area (TPSA) is 50.3 Å². The van der Waals surface area contributed by atoms with Crippen LogP contribution in [0.3, 0.4) is 0 Å². The van der Waals surface area contributed by atoms with Crippen molar-refractivity contribution in [1.82, 2.24) is 9.29 Å². The van der Waals surface area contributed by atoms with Crippen molar-refractivity contribution >= 4 is 33.4 Å². The second-order valence-corrected chi connectivity index (χ2v) is 9.99. The number of benzene rings is 1. The normalized spacial score (nSPS) is 16.1. The molecule has 1 fully saturated rings. The van der Waals surface area contributed by atoms with Crippen molar-refractivity contribution in [2.75, 3.05) is 7.05 Å². The lowest BCUT2D eigenvalue weighted by molar-refractivity contribution is 0.285. The van der Waals surface area contributed by atoms with Crippen molar-refractivity contribution in [2.24, 2.45) is 0 Å². The fourth-order valence-electron chi connectivity index (χ4n) is 3.20. The second-order valence-electron chi connectivity index (χ2n) is 6.56. The molecule has 0 saturated heterocycles. The van der Waals surface area contributed by atoms with Gasteiger partial charge in [0.2, 0.25) is 10.0 Å². The van der Waals surface area contributed by atoms with Gasteiger partial charge in [-0.2, -0.15) is 4.31 Å². The molecule has 1 aromatic heterocycles. The van der Waals surface area contributed by atoms with E-state index in [2.05, 4.69) is 4.98 Å². The van der Waals surface area contributed by atoms with E-state index in [0.29, 0.717) is 5.02 Å². The van der Waals surface area contributed by atoms with Crippen LogP contribution >= 0.6 is 23.4 Å². The van der Waals surface area contributed by atoms with Crippen LogP contribution in [0.4, 0.5) is 0 Å². The molecule has 0 radical (unpaired) electrons. The van der Waals surface area contributed by atoms with Gasteiger partial charge in [-0.25, -0.2) is 13.4 Å². The van der Waals surface area contributed by atoms with Gasteiger partial charge in [-0.3, -0.25) is 0 Å². The van der Waals surface area contributed by atoms with Gasteiger partial charge in [0.05, 0.1) is 5.03 Å². The van der Waals surface area contributed by atoms with Crippen molar-refractivity contribution in [3.63, 3.8) is 0 Å². The van der Waals surface area contributed by atoms with Crippen molar-refractivity contribution in [1.29, 1.82) is 0 Å². The summed E-state index contributed by atoms with van der Waals surface area (Å²) < 4.78 is 27.2. The molecule has 4 nitrogen and oxygen atoms in total. The third kappa shape index (κ3) is 4.80. The molecular formula is C19H23ClN2O2S2. The lowest BCUT2D eigenvalue weighted by Crippen LogP contribution is -2.38. The fraction of sp³-hybridized carbons (Fsp3) is 0.421. The number of thioether (sulfide) groups is 1. The highest BCUT2D eigenvalue weighted by atomic mass is 35.5. The molecule has 7 heteroatoms. The quantitative estimate of drug-likeness (QED) is 0.630. The highest BCUT2D eigenvalue weighted by Crippen LogP contribution is 2.27. The molecule has 1 heterocycles. The average molecular weight is 411 g/mol. The first-order chi connectivity index (χ1) is 12.5. The van der Waals surface area contributed by atoms with Crippen molar-refractivity contribution in [3.05, 3.63) is 53.2 Å². The van der Waals surface area contributed by atoms with Gasteiger partial charge < -0.3 is 0 Å². The second kappa shape index (κ2) is 8.74. The molecule has 1 saturated carbocycles. The third-order valence-corrected chi connectivity index (χ3v) is 7.89. The molecule has 0 amide bonds. The van der Waals surface area contributed by atoms with E-state index in [1.54, 1.807) is 30.9 Å². The molecule has 26 heavy (non-hydrogen) atoms. The van der Waals surface area contributed by atoms with E-state index in [1.807, 2.05) is 24.3 Å². The number of aromatic nitrogens is 1. The Morgan fingerprint density at radius 2 is 1.96 bits per heavy atom. The Labute approximate surface area is 165 Å². The number of hydrogen-bond acceptors (Lipinski definition) is 4. The summed E-state index contributed by atoms with van der Waals surface area (Å²) in [5.41, 5.74) is 1.11. The summed E-state index contributed by atoms with van der Waals surface area (Å²) in [7, 11) is -1.80. The minimum absolute atomic E-state index is 0.102. The smallest absolute Gasteiger partial charge is 0.244 e. The Hall–Kier alpha value is -1.08. The van der Waals surface area contributed by atoms with Crippen LogP contribution < -0.4 is 0 Å². The zero-order chi connectivity index (χ0) is 18.6. The Kier molecular flexibility index (Phi) is 6.61. The van der Waals surface area contributed by atoms with Crippen molar-refractivity contribution in [2.45, 2.75) is 53.8 Å². The van der Waals surface area contributed by atoms with Crippen LogP contribution in [0, 0.1) is 0 Å². The van der Waals surface area contributed by atoms with Crippen LogP contribution in [0.25, 0.3) is 0 Å². The van der Waals surface area contributed by atoms with Crippen LogP contribution in [-0.4, -0.2) is 30.8 Å². The first-order valence-electron chi connectivity index (χ1n) is 8.78. The van der Waals surface area contributed by atoms with Gasteiger partial charge in [0.25, 0.3) is 0 Å². The van der Waals surface area contributed by atoms with Gasteiger partial charge in [0.1, 0.15) is 4.90 Å². The van der Waals surface area contributed by atoms with Crippen LogP contribution in [0.1, 0.15) is 37.7 Å². The molecule has 1 aliphatic rings. The van der Waals surface area contributed by atoms with Gasteiger partial charge in [0.15, 0.2) is 0 Å². The van der Waals surface area contributed by atoms with Gasteiger partial charge in [-0.1, -0.05) is 43.0 Å². The molecule has 1 aliphatic carbocycles. The predicted molar refractivity (Wildman–Crippen MR) is 107 cm³/mol. The Balaban J connectivity index is 1.66. The number of halogens is 1. The lowest BCUT2D eigenvalue weighted by atomic mass is 9.96. The fourth-order valence-corrected chi connectivity index (χ4v) is 5.56. The van der Waals surface area contributed by atoms with Crippen LogP contribution in [-0.2, 0) is 15.8 Å². The summed E-state index contributed by atoms with van der Waals surface area (Å²) in [6, 6.07) is 11.2. The van der Waals surface area contributed by atoms with Crippen molar-refractivity contribution < 1.29 is 8.42 Å². The van der Waals surface area contributed by atoms with E-state index in [-0.39, 0.29) is 10.9 Å². The molecule has 0 aliphatic heterocycles. The molecule has 2 aromatic rings. The van der Waals surface area contributed by atoms with Crippen LogP contribution in [0.2, 0.25) is 5.02 Å². The molecule has 140 valence electrons. The monoisotopic (exact) mass is 410 g/mol. The number of sulfonamides is 1. The van der Waals surface area contributed by atoms with E-state index in [1.165, 1.54) is 16.9 Å². The summed E-state index contributed by atoms with van der Waals surface area (Å²) in [4.78, 5) is 4.60. The highest BCUT2D eigenvalue weighted by molar-refractivity contribution is 7.98. The Bertz CT molecular complexity index is 835. The molecule has 0 N–H and O–H groups in total. The summed E-state index contributed by atoms with van der Waals surface area (Å²) in [6.45, 7) is 0. The summed E-state index contributed by atoms with van der Waals surface area (Å²) in [5.74, 6) is 0.738. The number of pyridine rings is 1. The standard InChI is InChI=1S/C19H23ClN2O2S2/c1-22(17-8-3-2-4-9-17)26(23,24)18-10-11-19(21-13-18)25-14-15-6-5-7-16(20)12-15/h5-7,10-13,17H,2-4,8-9,14H2,1H3. The molecule has 3 rings (SSSR count). The van der Waals surface area contributed by atoms with E-state index < -0.39 is 10.0 Å². The third-order valence-electron chi connectivity index (χ3n) is 4.75. The Morgan fingerprint density at radius 1 is 1.19 bits per heavy atom. The maximum atomic E-state index is 12.8. The van der Waals surface area contributed by atoms with Gasteiger partial charge >= 0.3 is 0 Å². The maximum absolute atomic E-state index is 12.8. The summed E-state index contributed by atoms with van der Waals surface area (Å²) in [6.07, 6.45) is 6.75. The van der Waals surface area contributed by atoms with Crippen molar-refractivity contribution in [3.8, 4) is 0 Å². The SMILES string of the molecule is CN(C1CCCCC1)S(=O)(=O)c1ccc(SCc2cccc(Cl)c2)nc1. The van der Waals surface area contributed by atoms with E-state index in [0.717, 1.165) is 42.0 Å². The average Bonchev–Trinajstić information content (AvgIpc) is 2.67. The summed E-state index contributed by atoms with van der Waals surface area (Å²) in [5, 5.41) is 1.51.